The summed E-state index contributed by atoms with van der Waals surface area (Å²) >= 11 is 2.01. The third-order valence-corrected chi connectivity index (χ3v) is 3.42. The number of nitrogens with zero attached hydrogens (tertiary/aromatic N) is 2. The largest absolute Gasteiger partial charge is 0.384 e. The molecule has 0 radical (unpaired) electrons. The van der Waals surface area contributed by atoms with Crippen LogP contribution in [0.25, 0.3) is 0 Å². The Labute approximate surface area is 76.4 Å². The van der Waals surface area contributed by atoms with E-state index in [9.17, 15) is 0 Å². The standard InChI is InChI=1S/C8H13N3S/c9-8-4-10-6-11(8)7-2-1-3-12-5-7/h4,6-7H,1-3,5,9H2. The van der Waals surface area contributed by atoms with Crippen LogP contribution >= 0.6 is 11.8 Å². The number of aromatic nitrogens is 2. The summed E-state index contributed by atoms with van der Waals surface area (Å²) in [6, 6.07) is 0.575. The van der Waals surface area contributed by atoms with Crippen molar-refractivity contribution in [3.05, 3.63) is 12.5 Å². The Kier molecular flexibility index (Phi) is 2.26. The molecule has 0 bridgehead atoms. The molecule has 1 fully saturated rings. The Balaban J connectivity index is 2.13. The molecule has 2 N–H and O–H groups in total. The predicted octanol–water partition coefficient (Wildman–Crippen LogP) is 1.53. The summed E-state index contributed by atoms with van der Waals surface area (Å²) < 4.78 is 2.09. The second-order valence-corrected chi connectivity index (χ2v) is 4.25. The molecule has 3 nitrogen and oxygen atoms in total. The number of thioether (sulfide) groups is 1. The summed E-state index contributed by atoms with van der Waals surface area (Å²) in [5.74, 6) is 3.27. The minimum atomic E-state index is 0.575. The zero-order valence-corrected chi connectivity index (χ0v) is 7.76. The maximum atomic E-state index is 5.76. The maximum Gasteiger partial charge on any atom is 0.123 e. The molecule has 1 unspecified atom stereocenters. The van der Waals surface area contributed by atoms with E-state index in [4.69, 9.17) is 5.73 Å². The van der Waals surface area contributed by atoms with E-state index in [-0.39, 0.29) is 0 Å². The van der Waals surface area contributed by atoms with Crippen molar-refractivity contribution in [2.24, 2.45) is 0 Å². The molecule has 0 amide bonds. The Morgan fingerprint density at radius 3 is 3.17 bits per heavy atom. The van der Waals surface area contributed by atoms with Crippen LogP contribution in [0.5, 0.6) is 0 Å². The summed E-state index contributed by atoms with van der Waals surface area (Å²) in [6.07, 6.45) is 6.10. The monoisotopic (exact) mass is 183 g/mol. The molecule has 4 heteroatoms. The highest BCUT2D eigenvalue weighted by Gasteiger charge is 2.16. The molecular weight excluding hydrogens is 170 g/mol. The van der Waals surface area contributed by atoms with Gasteiger partial charge in [-0.15, -0.1) is 0 Å². The summed E-state index contributed by atoms with van der Waals surface area (Å²) in [5, 5.41) is 0. The summed E-state index contributed by atoms with van der Waals surface area (Å²) in [6.45, 7) is 0. The molecule has 66 valence electrons. The van der Waals surface area contributed by atoms with Gasteiger partial charge in [-0.2, -0.15) is 11.8 Å². The first-order valence-corrected chi connectivity index (χ1v) is 5.38. The molecule has 2 rings (SSSR count). The fraction of sp³-hybridized carbons (Fsp3) is 0.625. The zero-order chi connectivity index (χ0) is 8.39. The van der Waals surface area contributed by atoms with Gasteiger partial charge in [-0.3, -0.25) is 0 Å². The van der Waals surface area contributed by atoms with Crippen LogP contribution in [0.2, 0.25) is 0 Å². The highest BCUT2D eigenvalue weighted by molar-refractivity contribution is 7.99. The number of hydrogen-bond donors (Lipinski definition) is 1. The van der Waals surface area contributed by atoms with Gasteiger partial charge >= 0.3 is 0 Å². The van der Waals surface area contributed by atoms with Crippen molar-refractivity contribution in [3.63, 3.8) is 0 Å². The molecule has 12 heavy (non-hydrogen) atoms. The zero-order valence-electron chi connectivity index (χ0n) is 6.94. The van der Waals surface area contributed by atoms with Gasteiger partial charge in [0.1, 0.15) is 5.82 Å². The highest BCUT2D eigenvalue weighted by Crippen LogP contribution is 2.27. The first-order chi connectivity index (χ1) is 5.88. The van der Waals surface area contributed by atoms with Crippen molar-refractivity contribution in [1.82, 2.24) is 9.55 Å². The summed E-state index contributed by atoms with van der Waals surface area (Å²) in [7, 11) is 0. The van der Waals surface area contributed by atoms with Crippen molar-refractivity contribution in [1.29, 1.82) is 0 Å². The first-order valence-electron chi connectivity index (χ1n) is 4.23. The lowest BCUT2D eigenvalue weighted by Gasteiger charge is -2.23. The smallest absolute Gasteiger partial charge is 0.123 e. The molecule has 0 aliphatic carbocycles. The van der Waals surface area contributed by atoms with Crippen LogP contribution in [-0.4, -0.2) is 21.1 Å². The predicted molar refractivity (Wildman–Crippen MR) is 52.2 cm³/mol. The van der Waals surface area contributed by atoms with Gasteiger partial charge in [-0.1, -0.05) is 0 Å². The van der Waals surface area contributed by atoms with Crippen LogP contribution in [0, 0.1) is 0 Å². The fourth-order valence-electron chi connectivity index (χ4n) is 1.56. The van der Waals surface area contributed by atoms with Gasteiger partial charge in [0.05, 0.1) is 12.5 Å². The van der Waals surface area contributed by atoms with Crippen LogP contribution in [-0.2, 0) is 0 Å². The van der Waals surface area contributed by atoms with Crippen LogP contribution in [0.3, 0.4) is 0 Å². The van der Waals surface area contributed by atoms with Crippen molar-refractivity contribution in [3.8, 4) is 0 Å². The van der Waals surface area contributed by atoms with Gasteiger partial charge in [-0.05, 0) is 18.6 Å². The molecule has 0 saturated carbocycles. The number of hydrogen-bond acceptors (Lipinski definition) is 3. The van der Waals surface area contributed by atoms with Gasteiger partial charge < -0.3 is 10.3 Å². The van der Waals surface area contributed by atoms with E-state index < -0.39 is 0 Å². The maximum absolute atomic E-state index is 5.76. The van der Waals surface area contributed by atoms with Crippen molar-refractivity contribution in [2.45, 2.75) is 18.9 Å². The molecule has 0 spiro atoms. The van der Waals surface area contributed by atoms with Crippen molar-refractivity contribution >= 4 is 17.6 Å². The molecule has 0 aromatic carbocycles. The van der Waals surface area contributed by atoms with E-state index in [0.717, 1.165) is 5.82 Å². The molecule has 1 aliphatic rings. The Bertz CT molecular complexity index is 253. The molecule has 1 atom stereocenters. The number of rotatable bonds is 1. The van der Waals surface area contributed by atoms with Crippen LogP contribution in [0.15, 0.2) is 12.5 Å². The SMILES string of the molecule is Nc1cncn1C1CCCSC1. The average Bonchev–Trinajstić information content (AvgIpc) is 2.53. The van der Waals surface area contributed by atoms with E-state index in [2.05, 4.69) is 9.55 Å². The van der Waals surface area contributed by atoms with E-state index in [1.807, 2.05) is 18.1 Å². The normalized spacial score (nSPS) is 24.2. The molecule has 1 aromatic rings. The van der Waals surface area contributed by atoms with Crippen molar-refractivity contribution < 1.29 is 0 Å². The second kappa shape index (κ2) is 3.39. The van der Waals surface area contributed by atoms with Gasteiger partial charge in [-0.25, -0.2) is 4.98 Å². The average molecular weight is 183 g/mol. The topological polar surface area (TPSA) is 43.8 Å². The first kappa shape index (κ1) is 7.98. The van der Waals surface area contributed by atoms with Crippen LogP contribution in [0.4, 0.5) is 5.82 Å². The lowest BCUT2D eigenvalue weighted by atomic mass is 10.2. The molecular formula is C8H13N3S. The third kappa shape index (κ3) is 1.43. The Hall–Kier alpha value is -0.640. The fourth-order valence-corrected chi connectivity index (χ4v) is 2.70. The quantitative estimate of drug-likeness (QED) is 0.718. The lowest BCUT2D eigenvalue weighted by molar-refractivity contribution is 0.505. The molecule has 1 saturated heterocycles. The van der Waals surface area contributed by atoms with Crippen LogP contribution < -0.4 is 5.73 Å². The van der Waals surface area contributed by atoms with Crippen molar-refractivity contribution in [2.75, 3.05) is 17.2 Å². The molecule has 1 aliphatic heterocycles. The summed E-state index contributed by atoms with van der Waals surface area (Å²) in [5.41, 5.74) is 5.76. The van der Waals surface area contributed by atoms with Gasteiger partial charge in [0.15, 0.2) is 0 Å². The van der Waals surface area contributed by atoms with E-state index >= 15 is 0 Å². The lowest BCUT2D eigenvalue weighted by Crippen LogP contribution is -2.16. The number of imidazole rings is 1. The minimum Gasteiger partial charge on any atom is -0.384 e. The second-order valence-electron chi connectivity index (χ2n) is 3.10. The Morgan fingerprint density at radius 2 is 2.58 bits per heavy atom. The highest BCUT2D eigenvalue weighted by atomic mass is 32.2. The van der Waals surface area contributed by atoms with Gasteiger partial charge in [0.25, 0.3) is 0 Å². The summed E-state index contributed by atoms with van der Waals surface area (Å²) in [4.78, 5) is 4.03. The number of anilines is 1. The van der Waals surface area contributed by atoms with E-state index in [0.29, 0.717) is 6.04 Å². The van der Waals surface area contributed by atoms with Gasteiger partial charge in [0.2, 0.25) is 0 Å². The number of nitrogen functional groups attached to an aromatic ring is 1. The van der Waals surface area contributed by atoms with Gasteiger partial charge in [0, 0.05) is 11.8 Å². The van der Waals surface area contributed by atoms with E-state index in [1.54, 1.807) is 6.20 Å². The Morgan fingerprint density at radius 1 is 1.67 bits per heavy atom. The minimum absolute atomic E-state index is 0.575. The third-order valence-electron chi connectivity index (χ3n) is 2.23. The molecule has 2 heterocycles. The molecule has 1 aromatic heterocycles. The number of nitrogens with two attached hydrogens (primary N) is 1. The van der Waals surface area contributed by atoms with E-state index in [1.165, 1.54) is 24.3 Å². The van der Waals surface area contributed by atoms with Crippen LogP contribution in [0.1, 0.15) is 18.9 Å².